The molecule has 0 aliphatic carbocycles. The second-order valence-electron chi connectivity index (χ2n) is 5.88. The first-order valence-electron chi connectivity index (χ1n) is 7.66. The summed E-state index contributed by atoms with van der Waals surface area (Å²) in [6.45, 7) is 0. The first-order valence-corrected chi connectivity index (χ1v) is 11.3. The van der Waals surface area contributed by atoms with E-state index in [0.717, 1.165) is 12.1 Å². The van der Waals surface area contributed by atoms with Crippen LogP contribution in [-0.4, -0.2) is 25.9 Å². The molecule has 3 aromatic carbocycles. The summed E-state index contributed by atoms with van der Waals surface area (Å²) in [4.78, 5) is -1.75. The number of rotatable bonds is 4. The molecule has 0 spiro atoms. The van der Waals surface area contributed by atoms with Crippen molar-refractivity contribution in [2.24, 2.45) is 10.2 Å². The summed E-state index contributed by atoms with van der Waals surface area (Å²) in [5.41, 5.74) is 4.84. The number of benzene rings is 3. The van der Waals surface area contributed by atoms with Gasteiger partial charge in [-0.05, 0) is 41.1 Å². The molecule has 0 saturated carbocycles. The number of nitrogens with zero attached hydrogens (tertiary/aromatic N) is 2. The van der Waals surface area contributed by atoms with Gasteiger partial charge in [-0.25, -0.2) is 8.42 Å². The van der Waals surface area contributed by atoms with E-state index in [4.69, 9.17) is 28.9 Å². The Labute approximate surface area is 236 Å². The monoisotopic (exact) mass is 535 g/mol. The van der Waals surface area contributed by atoms with Crippen LogP contribution in [0.3, 0.4) is 0 Å². The summed E-state index contributed by atoms with van der Waals surface area (Å²) in [7, 11) is -9.97. The van der Waals surface area contributed by atoms with Crippen molar-refractivity contribution in [3.05, 3.63) is 46.4 Å². The Hall–Kier alpha value is -0.480. The van der Waals surface area contributed by atoms with Crippen molar-refractivity contribution in [3.8, 4) is 5.75 Å². The van der Waals surface area contributed by atoms with Gasteiger partial charge in [0.05, 0.1) is 15.6 Å². The smallest absolute Gasteiger partial charge is 0.872 e. The SMILES string of the molecule is Nc1c(N=Nc2cc(Cl)ccc2Cl)c(S(=O)(=O)O)cc2cc(S(=O)(=O)[O-])cc([O-])c12.[Na+].[Na+]. The van der Waals surface area contributed by atoms with Crippen molar-refractivity contribution in [1.82, 2.24) is 0 Å². The molecule has 0 aliphatic heterocycles. The average molecular weight is 536 g/mol. The summed E-state index contributed by atoms with van der Waals surface area (Å²) in [5.74, 6) is -0.974. The van der Waals surface area contributed by atoms with Crippen LogP contribution in [0.4, 0.5) is 17.1 Å². The Morgan fingerprint density at radius 1 is 0.969 bits per heavy atom. The van der Waals surface area contributed by atoms with Crippen LogP contribution in [0.15, 0.2) is 56.4 Å². The predicted octanol–water partition coefficient (Wildman–Crippen LogP) is -2.62. The van der Waals surface area contributed by atoms with Crippen molar-refractivity contribution in [1.29, 1.82) is 0 Å². The van der Waals surface area contributed by atoms with Crippen LogP contribution in [0, 0.1) is 0 Å². The minimum atomic E-state index is -5.02. The van der Waals surface area contributed by atoms with Gasteiger partial charge in [-0.1, -0.05) is 35.0 Å². The summed E-state index contributed by atoms with van der Waals surface area (Å²) in [6, 6.07) is 6.27. The first-order chi connectivity index (χ1) is 13.8. The van der Waals surface area contributed by atoms with Crippen molar-refractivity contribution < 1.29 is 90.2 Å². The summed E-state index contributed by atoms with van der Waals surface area (Å²) in [6.07, 6.45) is 0. The van der Waals surface area contributed by atoms with E-state index < -0.39 is 47.2 Å². The third-order valence-electron chi connectivity index (χ3n) is 3.88. The second kappa shape index (κ2) is 10.8. The third-order valence-corrected chi connectivity index (χ3v) is 6.12. The van der Waals surface area contributed by atoms with Crippen LogP contribution in [0.25, 0.3) is 10.8 Å². The van der Waals surface area contributed by atoms with Gasteiger partial charge in [0, 0.05) is 5.02 Å². The van der Waals surface area contributed by atoms with E-state index >= 15 is 0 Å². The molecule has 0 bridgehead atoms. The van der Waals surface area contributed by atoms with E-state index in [1.54, 1.807) is 0 Å². The summed E-state index contributed by atoms with van der Waals surface area (Å²) >= 11 is 11.8. The number of halogens is 2. The van der Waals surface area contributed by atoms with Crippen molar-refractivity contribution in [2.45, 2.75) is 9.79 Å². The van der Waals surface area contributed by atoms with E-state index in [9.17, 15) is 31.0 Å². The van der Waals surface area contributed by atoms with E-state index in [0.29, 0.717) is 6.07 Å². The van der Waals surface area contributed by atoms with Crippen LogP contribution in [0.5, 0.6) is 5.75 Å². The topological polar surface area (TPSA) is 185 Å². The zero-order valence-electron chi connectivity index (χ0n) is 16.4. The van der Waals surface area contributed by atoms with Gasteiger partial charge >= 0.3 is 59.1 Å². The fourth-order valence-electron chi connectivity index (χ4n) is 2.58. The Kier molecular flexibility index (Phi) is 10.0. The number of azo groups is 1. The normalized spacial score (nSPS) is 11.9. The number of nitrogens with two attached hydrogens (primary N) is 1. The van der Waals surface area contributed by atoms with Crippen molar-refractivity contribution in [3.63, 3.8) is 0 Å². The van der Waals surface area contributed by atoms with Crippen LogP contribution >= 0.6 is 23.2 Å². The zero-order valence-corrected chi connectivity index (χ0v) is 23.5. The van der Waals surface area contributed by atoms with Gasteiger partial charge in [0.2, 0.25) is 0 Å². The molecule has 0 aliphatic rings. The van der Waals surface area contributed by atoms with Crippen LogP contribution < -0.4 is 70.0 Å². The molecule has 0 saturated heterocycles. The number of nitrogen functional groups attached to an aromatic ring is 1. The molecule has 158 valence electrons. The van der Waals surface area contributed by atoms with Crippen LogP contribution in [0.1, 0.15) is 0 Å². The average Bonchev–Trinajstić information content (AvgIpc) is 2.61. The molecular weight excluding hydrogens is 527 g/mol. The van der Waals surface area contributed by atoms with Gasteiger partial charge in [0.15, 0.2) is 0 Å². The Morgan fingerprint density at radius 2 is 1.59 bits per heavy atom. The van der Waals surface area contributed by atoms with Crippen LogP contribution in [0.2, 0.25) is 10.0 Å². The first kappa shape index (κ1) is 29.6. The fraction of sp³-hybridized carbons (Fsp3) is 0. The molecule has 0 atom stereocenters. The van der Waals surface area contributed by atoms with Crippen molar-refractivity contribution >= 4 is 71.3 Å². The maximum Gasteiger partial charge on any atom is 1.00 e. The maximum absolute atomic E-state index is 12.3. The largest absolute Gasteiger partial charge is 1.00 e. The molecule has 10 nitrogen and oxygen atoms in total. The maximum atomic E-state index is 12.3. The van der Waals surface area contributed by atoms with E-state index in [2.05, 4.69) is 10.2 Å². The number of hydrogen-bond donors (Lipinski definition) is 2. The minimum Gasteiger partial charge on any atom is -0.872 e. The Balaban J connectivity index is 0.00000256. The molecule has 0 fully saturated rings. The number of fused-ring (bicyclic) bond motifs is 1. The molecule has 0 heterocycles. The Bertz CT molecular complexity index is 1450. The van der Waals surface area contributed by atoms with E-state index in [-0.39, 0.29) is 85.6 Å². The van der Waals surface area contributed by atoms with E-state index in [1.807, 2.05) is 0 Å². The van der Waals surface area contributed by atoms with Gasteiger partial charge in [0.1, 0.15) is 26.4 Å². The molecule has 3 N–H and O–H groups in total. The molecule has 3 rings (SSSR count). The number of hydrogen-bond acceptors (Lipinski definition) is 9. The van der Waals surface area contributed by atoms with Gasteiger partial charge < -0.3 is 15.4 Å². The third kappa shape index (κ3) is 6.34. The van der Waals surface area contributed by atoms with Gasteiger partial charge in [0.25, 0.3) is 10.1 Å². The molecule has 32 heavy (non-hydrogen) atoms. The van der Waals surface area contributed by atoms with Crippen LogP contribution in [-0.2, 0) is 20.2 Å². The Morgan fingerprint density at radius 3 is 2.16 bits per heavy atom. The second-order valence-corrected chi connectivity index (χ2v) is 9.49. The quantitative estimate of drug-likeness (QED) is 0.157. The molecule has 3 aromatic rings. The predicted molar refractivity (Wildman–Crippen MR) is 106 cm³/mol. The molecule has 0 radical (unpaired) electrons. The molecular formula is C16H9Cl2N3Na2O7S2. The minimum absolute atomic E-state index is 0. The van der Waals surface area contributed by atoms with Gasteiger partial charge in [-0.2, -0.15) is 8.42 Å². The standard InChI is InChI=1S/C16H11Cl2N3O7S2.2Na/c17-8-1-2-10(18)11(5-8)20-21-16-13(30(26,27)28)4-7-3-9(29(23,24)25)6-12(22)14(7)15(16)19;;/h1-6,22H,19H2,(H,23,24,25)(H,26,27,28);;/q;2*+1/p-2. The molecule has 16 heteroatoms. The molecule has 0 amide bonds. The molecule has 0 aromatic heterocycles. The fourth-order valence-corrected chi connectivity index (χ4v) is 4.10. The van der Waals surface area contributed by atoms with E-state index in [1.165, 1.54) is 18.2 Å². The molecule has 0 unspecified atom stereocenters. The summed E-state index contributed by atoms with van der Waals surface area (Å²) in [5, 5.41) is 19.6. The zero-order chi connectivity index (χ0) is 22.4. The number of anilines is 1. The summed E-state index contributed by atoms with van der Waals surface area (Å²) < 4.78 is 66.9. The van der Waals surface area contributed by atoms with Crippen molar-refractivity contribution in [2.75, 3.05) is 5.73 Å². The van der Waals surface area contributed by atoms with Gasteiger partial charge in [-0.3, -0.25) is 4.55 Å². The van der Waals surface area contributed by atoms with Gasteiger partial charge in [-0.15, -0.1) is 10.2 Å².